The molecular formula is C10H11ClN4. The zero-order valence-corrected chi connectivity index (χ0v) is 8.91. The second-order valence-corrected chi connectivity index (χ2v) is 3.96. The Balaban J connectivity index is 2.12. The van der Waals surface area contributed by atoms with Crippen LogP contribution in [0.15, 0.2) is 12.3 Å². The van der Waals surface area contributed by atoms with Crippen molar-refractivity contribution in [1.82, 2.24) is 4.98 Å². The number of halogens is 1. The highest BCUT2D eigenvalue weighted by molar-refractivity contribution is 6.31. The highest BCUT2D eigenvalue weighted by Crippen LogP contribution is 2.26. The zero-order valence-electron chi connectivity index (χ0n) is 8.15. The van der Waals surface area contributed by atoms with Gasteiger partial charge in [-0.3, -0.25) is 4.98 Å². The van der Waals surface area contributed by atoms with Gasteiger partial charge < -0.3 is 10.6 Å². The molecule has 5 heteroatoms. The molecule has 0 aliphatic carbocycles. The van der Waals surface area contributed by atoms with Gasteiger partial charge in [0.15, 0.2) is 0 Å². The van der Waals surface area contributed by atoms with Crippen molar-refractivity contribution < 1.29 is 0 Å². The van der Waals surface area contributed by atoms with Crippen molar-refractivity contribution in [3.8, 4) is 6.07 Å². The smallest absolute Gasteiger partial charge is 0.0813 e. The Morgan fingerprint density at radius 1 is 1.67 bits per heavy atom. The van der Waals surface area contributed by atoms with E-state index in [4.69, 9.17) is 22.6 Å². The Labute approximate surface area is 93.3 Å². The van der Waals surface area contributed by atoms with Crippen LogP contribution in [0.3, 0.4) is 0 Å². The SMILES string of the molecule is N#CC1CN(c2cnc(CN)c(Cl)c2)C1. The molecule has 0 aromatic carbocycles. The molecule has 2 N–H and O–H groups in total. The molecule has 0 amide bonds. The molecule has 2 rings (SSSR count). The predicted molar refractivity (Wildman–Crippen MR) is 58.5 cm³/mol. The maximum Gasteiger partial charge on any atom is 0.0813 e. The summed E-state index contributed by atoms with van der Waals surface area (Å²) >= 11 is 5.99. The fourth-order valence-electron chi connectivity index (χ4n) is 1.55. The molecule has 0 spiro atoms. The molecule has 0 atom stereocenters. The summed E-state index contributed by atoms with van der Waals surface area (Å²) in [4.78, 5) is 6.25. The van der Waals surface area contributed by atoms with E-state index in [2.05, 4.69) is 16.0 Å². The van der Waals surface area contributed by atoms with Gasteiger partial charge in [0.05, 0.1) is 34.6 Å². The van der Waals surface area contributed by atoms with Crippen LogP contribution in [-0.2, 0) is 6.54 Å². The van der Waals surface area contributed by atoms with Crippen molar-refractivity contribution in [2.45, 2.75) is 6.54 Å². The molecule has 0 radical (unpaired) electrons. The van der Waals surface area contributed by atoms with Crippen molar-refractivity contribution in [3.05, 3.63) is 23.0 Å². The molecule has 78 valence electrons. The minimum atomic E-state index is 0.137. The Kier molecular flexibility index (Phi) is 2.76. The minimum absolute atomic E-state index is 0.137. The van der Waals surface area contributed by atoms with Crippen LogP contribution in [0.5, 0.6) is 0 Å². The summed E-state index contributed by atoms with van der Waals surface area (Å²) in [5, 5.41) is 9.25. The van der Waals surface area contributed by atoms with Crippen molar-refractivity contribution in [2.75, 3.05) is 18.0 Å². The van der Waals surface area contributed by atoms with Crippen LogP contribution in [0.1, 0.15) is 5.69 Å². The highest BCUT2D eigenvalue weighted by atomic mass is 35.5. The molecule has 1 aromatic rings. The lowest BCUT2D eigenvalue weighted by Gasteiger charge is -2.37. The first-order chi connectivity index (χ1) is 7.24. The molecule has 2 heterocycles. The molecule has 4 nitrogen and oxygen atoms in total. The summed E-state index contributed by atoms with van der Waals surface area (Å²) in [5.74, 6) is 0.137. The van der Waals surface area contributed by atoms with Gasteiger partial charge in [0.2, 0.25) is 0 Å². The van der Waals surface area contributed by atoms with E-state index in [1.807, 2.05) is 6.07 Å². The number of anilines is 1. The number of rotatable bonds is 2. The van der Waals surface area contributed by atoms with Crippen molar-refractivity contribution in [2.24, 2.45) is 11.7 Å². The summed E-state index contributed by atoms with van der Waals surface area (Å²) < 4.78 is 0. The van der Waals surface area contributed by atoms with Crippen molar-refractivity contribution >= 4 is 17.3 Å². The van der Waals surface area contributed by atoms with Crippen molar-refractivity contribution in [1.29, 1.82) is 5.26 Å². The third kappa shape index (κ3) is 1.89. The minimum Gasteiger partial charge on any atom is -0.367 e. The van der Waals surface area contributed by atoms with Crippen LogP contribution in [-0.4, -0.2) is 18.1 Å². The first-order valence-corrected chi connectivity index (χ1v) is 5.11. The van der Waals surface area contributed by atoms with Crippen molar-refractivity contribution in [3.63, 3.8) is 0 Å². The number of pyridine rings is 1. The number of nitrogens with zero attached hydrogens (tertiary/aromatic N) is 3. The van der Waals surface area contributed by atoms with Gasteiger partial charge in [-0.2, -0.15) is 5.26 Å². The Bertz CT molecular complexity index is 406. The Morgan fingerprint density at radius 3 is 2.93 bits per heavy atom. The molecule has 0 bridgehead atoms. The average molecular weight is 223 g/mol. The first-order valence-electron chi connectivity index (χ1n) is 4.73. The van der Waals surface area contributed by atoms with E-state index in [1.165, 1.54) is 0 Å². The Morgan fingerprint density at radius 2 is 2.40 bits per heavy atom. The molecule has 15 heavy (non-hydrogen) atoms. The lowest BCUT2D eigenvalue weighted by atomic mass is 10.0. The molecule has 1 saturated heterocycles. The van der Waals surface area contributed by atoms with E-state index in [1.54, 1.807) is 6.20 Å². The summed E-state index contributed by atoms with van der Waals surface area (Å²) in [7, 11) is 0. The highest BCUT2D eigenvalue weighted by Gasteiger charge is 2.26. The van der Waals surface area contributed by atoms with Gasteiger partial charge >= 0.3 is 0 Å². The van der Waals surface area contributed by atoms with Crippen LogP contribution < -0.4 is 10.6 Å². The van der Waals surface area contributed by atoms with E-state index in [0.29, 0.717) is 17.3 Å². The number of nitriles is 1. The second-order valence-electron chi connectivity index (χ2n) is 3.56. The third-order valence-corrected chi connectivity index (χ3v) is 2.85. The van der Waals surface area contributed by atoms with Crippen LogP contribution in [0.2, 0.25) is 5.02 Å². The lowest BCUT2D eigenvalue weighted by molar-refractivity contribution is 0.504. The topological polar surface area (TPSA) is 65.9 Å². The van der Waals surface area contributed by atoms with Crippen LogP contribution >= 0.6 is 11.6 Å². The van der Waals surface area contributed by atoms with E-state index in [-0.39, 0.29) is 5.92 Å². The summed E-state index contributed by atoms with van der Waals surface area (Å²) in [6, 6.07) is 4.07. The maximum atomic E-state index is 8.65. The van der Waals surface area contributed by atoms with E-state index in [9.17, 15) is 0 Å². The second kappa shape index (κ2) is 4.05. The predicted octanol–water partition coefficient (Wildman–Crippen LogP) is 1.15. The van der Waals surface area contributed by atoms with E-state index in [0.717, 1.165) is 18.8 Å². The largest absolute Gasteiger partial charge is 0.367 e. The molecule has 0 saturated carbocycles. The van der Waals surface area contributed by atoms with Crippen LogP contribution in [0.25, 0.3) is 0 Å². The zero-order chi connectivity index (χ0) is 10.8. The molecule has 1 fully saturated rings. The van der Waals surface area contributed by atoms with Crippen LogP contribution in [0, 0.1) is 17.2 Å². The number of aromatic nitrogens is 1. The fourth-order valence-corrected chi connectivity index (χ4v) is 1.79. The Hall–Kier alpha value is -1.31. The van der Waals surface area contributed by atoms with Gasteiger partial charge in [0.1, 0.15) is 0 Å². The van der Waals surface area contributed by atoms with Crippen LogP contribution in [0.4, 0.5) is 5.69 Å². The van der Waals surface area contributed by atoms with Gasteiger partial charge in [-0.05, 0) is 6.07 Å². The molecule has 1 aromatic heterocycles. The molecule has 1 aliphatic rings. The molecular weight excluding hydrogens is 212 g/mol. The fraction of sp³-hybridized carbons (Fsp3) is 0.400. The summed E-state index contributed by atoms with van der Waals surface area (Å²) in [6.07, 6.45) is 1.75. The summed E-state index contributed by atoms with van der Waals surface area (Å²) in [5.41, 5.74) is 7.13. The van der Waals surface area contributed by atoms with E-state index >= 15 is 0 Å². The molecule has 0 unspecified atom stereocenters. The maximum absolute atomic E-state index is 8.65. The monoisotopic (exact) mass is 222 g/mol. The lowest BCUT2D eigenvalue weighted by Crippen LogP contribution is -2.46. The van der Waals surface area contributed by atoms with E-state index < -0.39 is 0 Å². The normalized spacial score (nSPS) is 15.9. The van der Waals surface area contributed by atoms with Gasteiger partial charge in [0, 0.05) is 19.6 Å². The number of nitrogens with two attached hydrogens (primary N) is 1. The molecule has 1 aliphatic heterocycles. The summed E-state index contributed by atoms with van der Waals surface area (Å²) in [6.45, 7) is 1.87. The third-order valence-electron chi connectivity index (χ3n) is 2.53. The van der Waals surface area contributed by atoms with Gasteiger partial charge in [-0.1, -0.05) is 11.6 Å². The standard InChI is InChI=1S/C10H11ClN4/c11-9-1-8(4-14-10(9)3-13)15-5-7(2-12)6-15/h1,4,7H,3,5-6,13H2. The first kappa shape index (κ1) is 10.2. The quantitative estimate of drug-likeness (QED) is 0.816. The average Bonchev–Trinajstić information content (AvgIpc) is 2.16. The number of hydrogen-bond acceptors (Lipinski definition) is 4. The number of hydrogen-bond donors (Lipinski definition) is 1. The van der Waals surface area contributed by atoms with Gasteiger partial charge in [-0.25, -0.2) is 0 Å². The van der Waals surface area contributed by atoms with Gasteiger partial charge in [0.25, 0.3) is 0 Å². The van der Waals surface area contributed by atoms with Gasteiger partial charge in [-0.15, -0.1) is 0 Å².